The molecule has 0 amide bonds. The highest BCUT2D eigenvalue weighted by Gasteiger charge is 2.49. The molecule has 0 spiro atoms. The van der Waals surface area contributed by atoms with E-state index in [1.54, 1.807) is 27.5 Å². The quantitative estimate of drug-likeness (QED) is 0.640. The Balaban J connectivity index is 1.79. The summed E-state index contributed by atoms with van der Waals surface area (Å²) in [5, 5.41) is 3.01. The fourth-order valence-electron chi connectivity index (χ4n) is 6.35. The molecule has 0 heterocycles. The lowest BCUT2D eigenvalue weighted by Crippen LogP contribution is -2.44. The highest BCUT2D eigenvalue weighted by Crippen LogP contribution is 2.56. The summed E-state index contributed by atoms with van der Waals surface area (Å²) in [6, 6.07) is 12.0. The van der Waals surface area contributed by atoms with Crippen LogP contribution in [0, 0.1) is 5.92 Å². The summed E-state index contributed by atoms with van der Waals surface area (Å²) in [6.07, 6.45) is 12.8. The molecule has 0 saturated carbocycles. The Hall–Kier alpha value is -2.34. The molecule has 0 bridgehead atoms. The van der Waals surface area contributed by atoms with Crippen molar-refractivity contribution in [3.05, 3.63) is 86.8 Å². The zero-order chi connectivity index (χ0) is 19.3. The van der Waals surface area contributed by atoms with E-state index in [9.17, 15) is 0 Å². The molecule has 0 N–H and O–H groups in total. The van der Waals surface area contributed by atoms with Gasteiger partial charge in [-0.3, -0.25) is 0 Å². The van der Waals surface area contributed by atoms with E-state index >= 15 is 0 Å². The van der Waals surface area contributed by atoms with Gasteiger partial charge in [0.25, 0.3) is 0 Å². The van der Waals surface area contributed by atoms with Crippen LogP contribution in [0.1, 0.15) is 74.8 Å². The van der Waals surface area contributed by atoms with Crippen LogP contribution in [0.3, 0.4) is 0 Å². The summed E-state index contributed by atoms with van der Waals surface area (Å²) in [7, 11) is 0. The second kappa shape index (κ2) is 5.17. The Bertz CT molecular complexity index is 1230. The average molecular weight is 365 g/mol. The molecule has 2 aromatic rings. The summed E-state index contributed by atoms with van der Waals surface area (Å²) in [5.41, 5.74) is 11.0. The second-order valence-corrected chi connectivity index (χ2v) is 10.1. The van der Waals surface area contributed by atoms with Crippen LogP contribution < -0.4 is 10.4 Å². The van der Waals surface area contributed by atoms with Crippen molar-refractivity contribution >= 4 is 17.2 Å². The molecular formula is C28H28. The zero-order valence-corrected chi connectivity index (χ0v) is 17.4. The van der Waals surface area contributed by atoms with Gasteiger partial charge >= 0.3 is 0 Å². The first-order chi connectivity index (χ1) is 13.4. The summed E-state index contributed by atoms with van der Waals surface area (Å²) in [5.74, 6) is 0.599. The van der Waals surface area contributed by atoms with E-state index in [2.05, 4.69) is 82.3 Å². The monoisotopic (exact) mass is 364 g/mol. The van der Waals surface area contributed by atoms with Crippen molar-refractivity contribution in [2.45, 2.75) is 57.8 Å². The predicted molar refractivity (Wildman–Crippen MR) is 119 cm³/mol. The highest BCUT2D eigenvalue weighted by atomic mass is 14.5. The fraction of sp³-hybridized carbons (Fsp3) is 0.357. The van der Waals surface area contributed by atoms with Gasteiger partial charge in [-0.05, 0) is 86.1 Å². The van der Waals surface area contributed by atoms with Crippen LogP contribution in [-0.4, -0.2) is 0 Å². The standard InChI is InChI=1S/C28H28/c1-27(2)20-12-8-11-18-13-14-21-26(24(18)20)25-22(27)15-19(16-23(25)28(21,3)4)17-9-6-5-7-10-17/h5-6,8-9,11-13,15-16,21H,7,10,14H2,1-4H3. The molecule has 0 saturated heterocycles. The minimum absolute atomic E-state index is 0.0378. The number of hydrogen-bond donors (Lipinski definition) is 0. The first-order valence-electron chi connectivity index (χ1n) is 10.8. The third kappa shape index (κ3) is 1.87. The molecule has 2 aromatic carbocycles. The van der Waals surface area contributed by atoms with Crippen LogP contribution in [0.2, 0.25) is 0 Å². The fourth-order valence-corrected chi connectivity index (χ4v) is 6.35. The maximum atomic E-state index is 2.54. The molecule has 0 radical (unpaired) electrons. The normalized spacial score (nSPS) is 24.5. The minimum atomic E-state index is 0.0378. The predicted octanol–water partition coefficient (Wildman–Crippen LogP) is 5.35. The lowest BCUT2D eigenvalue weighted by molar-refractivity contribution is 0.419. The van der Waals surface area contributed by atoms with Gasteiger partial charge in [0.15, 0.2) is 0 Å². The highest BCUT2D eigenvalue weighted by molar-refractivity contribution is 5.87. The van der Waals surface area contributed by atoms with Crippen LogP contribution in [0.5, 0.6) is 0 Å². The minimum Gasteiger partial charge on any atom is -0.0842 e. The molecule has 28 heavy (non-hydrogen) atoms. The molecular weight excluding hydrogens is 336 g/mol. The van der Waals surface area contributed by atoms with E-state index in [1.807, 2.05) is 0 Å². The maximum absolute atomic E-state index is 2.54. The van der Waals surface area contributed by atoms with E-state index in [-0.39, 0.29) is 10.8 Å². The van der Waals surface area contributed by atoms with Crippen molar-refractivity contribution in [3.63, 3.8) is 0 Å². The van der Waals surface area contributed by atoms with Gasteiger partial charge in [0.05, 0.1) is 0 Å². The topological polar surface area (TPSA) is 0 Å². The SMILES string of the molecule is CC1(C)c2cc(C3=CC=CCC3)cc3c2C2=c4c1cccc4=CCC2C3(C)C. The van der Waals surface area contributed by atoms with E-state index in [4.69, 9.17) is 0 Å². The lowest BCUT2D eigenvalue weighted by Gasteiger charge is -2.36. The first kappa shape index (κ1) is 16.6. The van der Waals surface area contributed by atoms with E-state index < -0.39 is 0 Å². The van der Waals surface area contributed by atoms with Gasteiger partial charge in [0, 0.05) is 5.41 Å². The summed E-state index contributed by atoms with van der Waals surface area (Å²) in [6.45, 7) is 9.82. The Kier molecular flexibility index (Phi) is 3.07. The molecule has 1 atom stereocenters. The van der Waals surface area contributed by atoms with E-state index in [0.29, 0.717) is 5.92 Å². The molecule has 140 valence electrons. The molecule has 6 rings (SSSR count). The molecule has 1 unspecified atom stereocenters. The molecule has 0 aromatic heterocycles. The summed E-state index contributed by atoms with van der Waals surface area (Å²) < 4.78 is 0. The average Bonchev–Trinajstić information content (AvgIpc) is 2.94. The van der Waals surface area contributed by atoms with Crippen molar-refractivity contribution in [1.82, 2.24) is 0 Å². The molecule has 0 nitrogen and oxygen atoms in total. The van der Waals surface area contributed by atoms with Gasteiger partial charge in [0.2, 0.25) is 0 Å². The van der Waals surface area contributed by atoms with Crippen molar-refractivity contribution in [3.8, 4) is 0 Å². The summed E-state index contributed by atoms with van der Waals surface area (Å²) in [4.78, 5) is 0. The van der Waals surface area contributed by atoms with Crippen LogP contribution in [0.25, 0.3) is 17.2 Å². The van der Waals surface area contributed by atoms with Gasteiger partial charge < -0.3 is 0 Å². The van der Waals surface area contributed by atoms with Crippen molar-refractivity contribution < 1.29 is 0 Å². The van der Waals surface area contributed by atoms with Gasteiger partial charge in [-0.1, -0.05) is 76.3 Å². The summed E-state index contributed by atoms with van der Waals surface area (Å²) >= 11 is 0. The number of rotatable bonds is 1. The Labute approximate surface area is 168 Å². The lowest BCUT2D eigenvalue weighted by atomic mass is 9.67. The first-order valence-corrected chi connectivity index (χ1v) is 10.8. The largest absolute Gasteiger partial charge is 0.0842 e. The molecule has 0 heteroatoms. The van der Waals surface area contributed by atoms with Crippen molar-refractivity contribution in [1.29, 1.82) is 0 Å². The molecule has 4 aliphatic carbocycles. The number of allylic oxidation sites excluding steroid dienone is 4. The number of hydrogen-bond acceptors (Lipinski definition) is 0. The van der Waals surface area contributed by atoms with Gasteiger partial charge in [-0.15, -0.1) is 0 Å². The van der Waals surface area contributed by atoms with Gasteiger partial charge in [-0.25, -0.2) is 0 Å². The van der Waals surface area contributed by atoms with Crippen LogP contribution in [-0.2, 0) is 10.8 Å². The van der Waals surface area contributed by atoms with Crippen LogP contribution in [0.15, 0.2) is 48.6 Å². The van der Waals surface area contributed by atoms with Crippen LogP contribution >= 0.6 is 0 Å². The van der Waals surface area contributed by atoms with Crippen molar-refractivity contribution in [2.75, 3.05) is 0 Å². The van der Waals surface area contributed by atoms with Gasteiger partial charge in [0.1, 0.15) is 0 Å². The Morgan fingerprint density at radius 1 is 0.964 bits per heavy atom. The Morgan fingerprint density at radius 3 is 2.57 bits per heavy atom. The Morgan fingerprint density at radius 2 is 1.79 bits per heavy atom. The van der Waals surface area contributed by atoms with Gasteiger partial charge in [-0.2, -0.15) is 0 Å². The smallest absolute Gasteiger partial charge is 0.0159 e. The molecule has 0 aliphatic heterocycles. The molecule has 0 fully saturated rings. The molecule has 4 aliphatic rings. The second-order valence-electron chi connectivity index (χ2n) is 10.1. The number of benzene rings is 2. The third-order valence-electron chi connectivity index (χ3n) is 7.99. The van der Waals surface area contributed by atoms with Crippen molar-refractivity contribution in [2.24, 2.45) is 5.92 Å². The maximum Gasteiger partial charge on any atom is 0.0159 e. The van der Waals surface area contributed by atoms with E-state index in [0.717, 1.165) is 19.3 Å². The third-order valence-corrected chi connectivity index (χ3v) is 7.99. The zero-order valence-electron chi connectivity index (χ0n) is 17.4. The van der Waals surface area contributed by atoms with E-state index in [1.165, 1.54) is 21.9 Å². The van der Waals surface area contributed by atoms with Crippen LogP contribution in [0.4, 0.5) is 0 Å².